The highest BCUT2D eigenvalue weighted by molar-refractivity contribution is 6.11. The summed E-state index contributed by atoms with van der Waals surface area (Å²) in [4.78, 5) is 0. The molecular formula is C32H20O. The van der Waals surface area contributed by atoms with Gasteiger partial charge < -0.3 is 4.42 Å². The van der Waals surface area contributed by atoms with E-state index in [0.717, 1.165) is 11.2 Å². The Hall–Kier alpha value is -4.10. The highest BCUT2D eigenvalue weighted by Gasteiger charge is 2.38. The predicted molar refractivity (Wildman–Crippen MR) is 137 cm³/mol. The Morgan fingerprint density at radius 1 is 0.576 bits per heavy atom. The number of furan rings is 1. The summed E-state index contributed by atoms with van der Waals surface area (Å²) in [6, 6.07) is 19.6. The van der Waals surface area contributed by atoms with Crippen molar-refractivity contribution in [1.82, 2.24) is 0 Å². The van der Waals surface area contributed by atoms with Gasteiger partial charge in [0, 0.05) is 22.6 Å². The first-order chi connectivity index (χ1) is 16.3. The van der Waals surface area contributed by atoms with E-state index in [1.165, 1.54) is 55.0 Å². The molecule has 2 unspecified atom stereocenters. The number of rotatable bonds is 1. The maximum atomic E-state index is 6.24. The van der Waals surface area contributed by atoms with Crippen LogP contribution in [0.15, 0.2) is 136 Å². The van der Waals surface area contributed by atoms with Crippen molar-refractivity contribution in [3.05, 3.63) is 137 Å². The molecule has 0 fully saturated rings. The second kappa shape index (κ2) is 6.24. The lowest BCUT2D eigenvalue weighted by atomic mass is 9.62. The zero-order chi connectivity index (χ0) is 21.5. The molecule has 4 aliphatic carbocycles. The van der Waals surface area contributed by atoms with Crippen LogP contribution in [0.1, 0.15) is 5.56 Å². The molecule has 1 nitrogen and oxygen atoms in total. The van der Waals surface area contributed by atoms with E-state index in [1.807, 2.05) is 0 Å². The molecule has 0 bridgehead atoms. The van der Waals surface area contributed by atoms with Gasteiger partial charge in [0.25, 0.3) is 0 Å². The molecule has 0 aliphatic heterocycles. The number of hydrogen-bond acceptors (Lipinski definition) is 1. The lowest BCUT2D eigenvalue weighted by Crippen LogP contribution is -2.29. The Morgan fingerprint density at radius 2 is 1.33 bits per heavy atom. The molecule has 0 radical (unpaired) electrons. The Bertz CT molecular complexity index is 1760. The standard InChI is InChI=1S/C32H20O/c1-2-5-23-18-30-28(16-22(23)4-1)27-17-24(12-15-29(27)33-30)25-13-10-21-9-8-19-6-3-7-20-11-14-26(25)32(21)31(19)20/h1-18,31-32H. The molecule has 0 saturated heterocycles. The third-order valence-electron chi connectivity index (χ3n) is 7.65. The first-order valence-electron chi connectivity index (χ1n) is 11.6. The normalized spacial score (nSPS) is 22.6. The van der Waals surface area contributed by atoms with Crippen molar-refractivity contribution in [1.29, 1.82) is 0 Å². The third-order valence-corrected chi connectivity index (χ3v) is 7.65. The fourth-order valence-corrected chi connectivity index (χ4v) is 6.10. The van der Waals surface area contributed by atoms with Gasteiger partial charge >= 0.3 is 0 Å². The van der Waals surface area contributed by atoms with Gasteiger partial charge in [-0.2, -0.15) is 0 Å². The minimum Gasteiger partial charge on any atom is -0.456 e. The number of hydrogen-bond donors (Lipinski definition) is 0. The van der Waals surface area contributed by atoms with Gasteiger partial charge in [0.1, 0.15) is 11.2 Å². The van der Waals surface area contributed by atoms with E-state index in [4.69, 9.17) is 4.42 Å². The van der Waals surface area contributed by atoms with E-state index < -0.39 is 0 Å². The monoisotopic (exact) mass is 420 g/mol. The second-order valence-corrected chi connectivity index (χ2v) is 9.36. The highest BCUT2D eigenvalue weighted by Crippen LogP contribution is 2.51. The summed E-state index contributed by atoms with van der Waals surface area (Å²) in [6.45, 7) is 0. The molecule has 4 aliphatic rings. The minimum atomic E-state index is 0.395. The lowest BCUT2D eigenvalue weighted by Gasteiger charge is -2.41. The molecule has 0 saturated carbocycles. The summed E-state index contributed by atoms with van der Waals surface area (Å²) in [5.41, 5.74) is 10.1. The molecule has 1 aromatic heterocycles. The molecule has 33 heavy (non-hydrogen) atoms. The molecule has 8 rings (SSSR count). The first-order valence-corrected chi connectivity index (χ1v) is 11.6. The SMILES string of the molecule is C1=CC2=CC=C3C(c4ccc5oc6cc7ccccc7cc6c5c4)=CC=C4C=CC(=C1)C2C43. The van der Waals surface area contributed by atoms with Crippen molar-refractivity contribution in [3.63, 3.8) is 0 Å². The summed E-state index contributed by atoms with van der Waals surface area (Å²) in [5.74, 6) is 0.826. The zero-order valence-electron chi connectivity index (χ0n) is 18.0. The zero-order valence-corrected chi connectivity index (χ0v) is 18.0. The second-order valence-electron chi connectivity index (χ2n) is 9.36. The van der Waals surface area contributed by atoms with Crippen LogP contribution in [0.3, 0.4) is 0 Å². The number of benzene rings is 3. The molecular weight excluding hydrogens is 400 g/mol. The van der Waals surface area contributed by atoms with Crippen molar-refractivity contribution < 1.29 is 4.42 Å². The number of fused-ring (bicyclic) bond motifs is 4. The van der Waals surface area contributed by atoms with Crippen LogP contribution < -0.4 is 0 Å². The molecule has 3 aromatic carbocycles. The van der Waals surface area contributed by atoms with Crippen LogP contribution in [-0.2, 0) is 0 Å². The Kier molecular flexibility index (Phi) is 3.30. The topological polar surface area (TPSA) is 13.1 Å². The highest BCUT2D eigenvalue weighted by atomic mass is 16.3. The van der Waals surface area contributed by atoms with E-state index in [2.05, 4.69) is 109 Å². The maximum absolute atomic E-state index is 6.24. The van der Waals surface area contributed by atoms with E-state index in [9.17, 15) is 0 Å². The van der Waals surface area contributed by atoms with Crippen LogP contribution in [0, 0.1) is 11.8 Å². The summed E-state index contributed by atoms with van der Waals surface area (Å²) in [5, 5.41) is 4.82. The van der Waals surface area contributed by atoms with Gasteiger partial charge in [-0.15, -0.1) is 0 Å². The van der Waals surface area contributed by atoms with Crippen LogP contribution in [0.4, 0.5) is 0 Å². The third kappa shape index (κ3) is 2.37. The van der Waals surface area contributed by atoms with Gasteiger partial charge in [-0.25, -0.2) is 0 Å². The molecule has 0 amide bonds. The van der Waals surface area contributed by atoms with Crippen molar-refractivity contribution in [2.75, 3.05) is 0 Å². The minimum absolute atomic E-state index is 0.395. The van der Waals surface area contributed by atoms with Crippen LogP contribution in [0.5, 0.6) is 0 Å². The summed E-state index contributed by atoms with van der Waals surface area (Å²) in [7, 11) is 0. The van der Waals surface area contributed by atoms with Crippen LogP contribution >= 0.6 is 0 Å². The van der Waals surface area contributed by atoms with E-state index in [1.54, 1.807) is 0 Å². The fourth-order valence-electron chi connectivity index (χ4n) is 6.10. The number of allylic oxidation sites excluding steroid dienone is 14. The summed E-state index contributed by atoms with van der Waals surface area (Å²) >= 11 is 0. The van der Waals surface area contributed by atoms with E-state index in [0.29, 0.717) is 11.8 Å². The van der Waals surface area contributed by atoms with Crippen LogP contribution in [0.25, 0.3) is 38.3 Å². The largest absolute Gasteiger partial charge is 0.456 e. The van der Waals surface area contributed by atoms with Gasteiger partial charge in [0.2, 0.25) is 0 Å². The molecule has 154 valence electrons. The van der Waals surface area contributed by atoms with Gasteiger partial charge in [0.05, 0.1) is 0 Å². The molecule has 0 spiro atoms. The van der Waals surface area contributed by atoms with Crippen molar-refractivity contribution in [3.8, 4) is 0 Å². The summed E-state index contributed by atoms with van der Waals surface area (Å²) in [6.07, 6.45) is 20.6. The summed E-state index contributed by atoms with van der Waals surface area (Å²) < 4.78 is 6.24. The maximum Gasteiger partial charge on any atom is 0.136 e. The first kappa shape index (κ1) is 17.5. The molecule has 1 heteroatoms. The van der Waals surface area contributed by atoms with Gasteiger partial charge in [-0.3, -0.25) is 0 Å². The van der Waals surface area contributed by atoms with Crippen molar-refractivity contribution in [2.45, 2.75) is 0 Å². The Balaban J connectivity index is 1.33. The fraction of sp³-hybridized carbons (Fsp3) is 0.0625. The average Bonchev–Trinajstić information content (AvgIpc) is 3.22. The molecule has 4 aromatic rings. The Morgan fingerprint density at radius 3 is 2.24 bits per heavy atom. The van der Waals surface area contributed by atoms with Crippen molar-refractivity contribution in [2.24, 2.45) is 11.8 Å². The van der Waals surface area contributed by atoms with E-state index in [-0.39, 0.29) is 0 Å². The lowest BCUT2D eigenvalue weighted by molar-refractivity contribution is 0.567. The van der Waals surface area contributed by atoms with Crippen LogP contribution in [-0.4, -0.2) is 0 Å². The average molecular weight is 421 g/mol. The van der Waals surface area contributed by atoms with Crippen LogP contribution in [0.2, 0.25) is 0 Å². The Labute approximate surface area is 191 Å². The molecule has 0 N–H and O–H groups in total. The smallest absolute Gasteiger partial charge is 0.136 e. The van der Waals surface area contributed by atoms with Gasteiger partial charge in [-0.1, -0.05) is 85.0 Å². The van der Waals surface area contributed by atoms with Crippen molar-refractivity contribution >= 4 is 38.3 Å². The van der Waals surface area contributed by atoms with Gasteiger partial charge in [0.15, 0.2) is 0 Å². The predicted octanol–water partition coefficient (Wildman–Crippen LogP) is 8.23. The van der Waals surface area contributed by atoms with E-state index >= 15 is 0 Å². The quantitative estimate of drug-likeness (QED) is 0.302. The van der Waals surface area contributed by atoms with Gasteiger partial charge in [-0.05, 0) is 68.5 Å². The molecule has 1 heterocycles. The molecule has 2 atom stereocenters.